The number of nitrogens with zero attached hydrogens (tertiary/aromatic N) is 2. The van der Waals surface area contributed by atoms with Crippen LogP contribution < -0.4 is 5.73 Å². The summed E-state index contributed by atoms with van der Waals surface area (Å²) in [5.74, 6) is 1.16. The topological polar surface area (TPSA) is 74.2 Å². The quantitative estimate of drug-likeness (QED) is 0.880. The molecule has 0 radical (unpaired) electrons. The highest BCUT2D eigenvalue weighted by Gasteiger charge is 2.39. The van der Waals surface area contributed by atoms with Crippen LogP contribution in [0.25, 0.3) is 0 Å². The van der Waals surface area contributed by atoms with Crippen LogP contribution in [-0.4, -0.2) is 17.3 Å². The maximum Gasteiger partial charge on any atom is 0.255 e. The smallest absolute Gasteiger partial charge is 0.255 e. The van der Waals surface area contributed by atoms with Gasteiger partial charge < -0.3 is 15.0 Å². The Hall–Kier alpha value is -0.650. The zero-order valence-corrected chi connectivity index (χ0v) is 10.4. The highest BCUT2D eigenvalue weighted by Crippen LogP contribution is 2.37. The molecule has 2 N–H and O–H groups in total. The molecule has 1 heterocycles. The molecule has 0 saturated heterocycles. The number of methoxy groups -OCH3 is 1. The summed E-state index contributed by atoms with van der Waals surface area (Å²) in [6, 6.07) is 0. The summed E-state index contributed by atoms with van der Waals surface area (Å²) in [6.45, 7) is 2.01. The third-order valence-corrected chi connectivity index (χ3v) is 3.06. The van der Waals surface area contributed by atoms with E-state index in [2.05, 4.69) is 10.1 Å². The van der Waals surface area contributed by atoms with Crippen molar-refractivity contribution in [1.29, 1.82) is 0 Å². The highest BCUT2D eigenvalue weighted by molar-refractivity contribution is 5.85. The molecule has 0 bridgehead atoms. The van der Waals surface area contributed by atoms with Crippen LogP contribution in [0.2, 0.25) is 0 Å². The van der Waals surface area contributed by atoms with Crippen LogP contribution in [0.4, 0.5) is 0 Å². The summed E-state index contributed by atoms with van der Waals surface area (Å²) in [6.07, 6.45) is 3.72. The van der Waals surface area contributed by atoms with Crippen LogP contribution in [0.5, 0.6) is 0 Å². The van der Waals surface area contributed by atoms with Gasteiger partial charge in [0.25, 0.3) is 5.89 Å². The minimum atomic E-state index is -0.353. The van der Waals surface area contributed by atoms with Gasteiger partial charge in [-0.25, -0.2) is 0 Å². The highest BCUT2D eigenvalue weighted by atomic mass is 35.5. The van der Waals surface area contributed by atoms with Crippen molar-refractivity contribution >= 4 is 12.4 Å². The molecule has 1 fully saturated rings. The van der Waals surface area contributed by atoms with Crippen LogP contribution in [0.3, 0.4) is 0 Å². The fourth-order valence-electron chi connectivity index (χ4n) is 1.79. The first-order chi connectivity index (χ1) is 7.19. The van der Waals surface area contributed by atoms with Crippen molar-refractivity contribution in [2.75, 3.05) is 7.11 Å². The lowest BCUT2D eigenvalue weighted by atomic mass is 9.77. The molecule has 1 atom stereocenters. The van der Waals surface area contributed by atoms with E-state index in [0.29, 0.717) is 11.7 Å². The predicted molar refractivity (Wildman–Crippen MR) is 61.3 cm³/mol. The van der Waals surface area contributed by atoms with Crippen LogP contribution in [0.15, 0.2) is 4.52 Å². The molecular weight excluding hydrogens is 230 g/mol. The minimum Gasteiger partial charge on any atom is -0.372 e. The van der Waals surface area contributed by atoms with Gasteiger partial charge in [0.1, 0.15) is 6.10 Å². The number of ether oxygens (including phenoxy) is 1. The van der Waals surface area contributed by atoms with Crippen molar-refractivity contribution < 1.29 is 9.26 Å². The van der Waals surface area contributed by atoms with Gasteiger partial charge in [-0.05, 0) is 25.7 Å². The summed E-state index contributed by atoms with van der Waals surface area (Å²) in [7, 11) is 1.64. The van der Waals surface area contributed by atoms with E-state index in [1.165, 1.54) is 0 Å². The van der Waals surface area contributed by atoms with Gasteiger partial charge in [0.2, 0.25) is 0 Å². The van der Waals surface area contributed by atoms with Crippen molar-refractivity contribution in [3.05, 3.63) is 11.7 Å². The number of hydrogen-bond acceptors (Lipinski definition) is 5. The van der Waals surface area contributed by atoms with E-state index in [4.69, 9.17) is 15.0 Å². The standard InChI is InChI=1S/C10H17N3O2.ClH/c1-3-7(14-2)8-12-9(13-15-8)10(11)5-4-6-10;/h7H,3-6,11H2,1-2H3;1H. The molecule has 1 aromatic heterocycles. The van der Waals surface area contributed by atoms with Gasteiger partial charge in [0, 0.05) is 7.11 Å². The van der Waals surface area contributed by atoms with E-state index in [0.717, 1.165) is 25.7 Å². The monoisotopic (exact) mass is 247 g/mol. The first-order valence-corrected chi connectivity index (χ1v) is 5.35. The Morgan fingerprint density at radius 2 is 2.25 bits per heavy atom. The van der Waals surface area contributed by atoms with E-state index in [1.807, 2.05) is 6.92 Å². The maximum absolute atomic E-state index is 6.09. The summed E-state index contributed by atoms with van der Waals surface area (Å²) < 4.78 is 10.4. The lowest BCUT2D eigenvalue weighted by Crippen LogP contribution is -2.44. The van der Waals surface area contributed by atoms with Crippen LogP contribution in [0.1, 0.15) is 50.4 Å². The molecule has 0 amide bonds. The maximum atomic E-state index is 6.09. The molecule has 1 aliphatic rings. The molecule has 92 valence electrons. The molecule has 6 heteroatoms. The van der Waals surface area contributed by atoms with Gasteiger partial charge in [-0.15, -0.1) is 12.4 Å². The van der Waals surface area contributed by atoms with Crippen molar-refractivity contribution in [2.45, 2.75) is 44.2 Å². The largest absolute Gasteiger partial charge is 0.372 e. The van der Waals surface area contributed by atoms with Gasteiger partial charge in [0.05, 0.1) is 5.54 Å². The molecule has 1 saturated carbocycles. The van der Waals surface area contributed by atoms with Gasteiger partial charge in [0.15, 0.2) is 5.82 Å². The first kappa shape index (κ1) is 13.4. The lowest BCUT2D eigenvalue weighted by Gasteiger charge is -2.34. The second kappa shape index (κ2) is 5.12. The third kappa shape index (κ3) is 2.21. The van der Waals surface area contributed by atoms with Crippen molar-refractivity contribution in [3.8, 4) is 0 Å². The second-order valence-corrected chi connectivity index (χ2v) is 4.10. The van der Waals surface area contributed by atoms with E-state index in [-0.39, 0.29) is 24.0 Å². The molecule has 1 aliphatic carbocycles. The number of rotatable bonds is 4. The average molecular weight is 248 g/mol. The zero-order valence-electron chi connectivity index (χ0n) is 9.60. The Labute approximate surface area is 101 Å². The molecule has 5 nitrogen and oxygen atoms in total. The average Bonchev–Trinajstić information content (AvgIpc) is 2.66. The van der Waals surface area contributed by atoms with Gasteiger partial charge in [-0.1, -0.05) is 12.1 Å². The van der Waals surface area contributed by atoms with E-state index < -0.39 is 0 Å². The summed E-state index contributed by atoms with van der Waals surface area (Å²) in [5.41, 5.74) is 5.74. The summed E-state index contributed by atoms with van der Waals surface area (Å²) in [5, 5.41) is 3.94. The second-order valence-electron chi connectivity index (χ2n) is 4.10. The molecule has 1 unspecified atom stereocenters. The Kier molecular flexibility index (Phi) is 4.29. The predicted octanol–water partition coefficient (Wildman–Crippen LogP) is 1.93. The normalized spacial score (nSPS) is 19.7. The SMILES string of the molecule is CCC(OC)c1nc(C2(N)CCC2)no1.Cl. The Balaban J connectivity index is 0.00000128. The van der Waals surface area contributed by atoms with E-state index in [9.17, 15) is 0 Å². The van der Waals surface area contributed by atoms with Crippen molar-refractivity contribution in [2.24, 2.45) is 5.73 Å². The molecule has 2 rings (SSSR count). The fraction of sp³-hybridized carbons (Fsp3) is 0.800. The number of aromatic nitrogens is 2. The molecular formula is C10H18ClN3O2. The first-order valence-electron chi connectivity index (χ1n) is 5.35. The minimum absolute atomic E-state index is 0. The Bertz CT molecular complexity index is 335. The lowest BCUT2D eigenvalue weighted by molar-refractivity contribution is 0.0706. The van der Waals surface area contributed by atoms with Gasteiger partial charge >= 0.3 is 0 Å². The van der Waals surface area contributed by atoms with E-state index >= 15 is 0 Å². The zero-order chi connectivity index (χ0) is 10.9. The molecule has 0 aromatic carbocycles. The molecule has 0 spiro atoms. The van der Waals surface area contributed by atoms with Gasteiger partial charge in [-0.2, -0.15) is 4.98 Å². The number of nitrogens with two attached hydrogens (primary N) is 1. The number of halogens is 1. The Morgan fingerprint density at radius 1 is 1.56 bits per heavy atom. The summed E-state index contributed by atoms with van der Waals surface area (Å²) >= 11 is 0. The number of hydrogen-bond donors (Lipinski definition) is 1. The van der Waals surface area contributed by atoms with Crippen LogP contribution >= 0.6 is 12.4 Å². The van der Waals surface area contributed by atoms with Crippen LogP contribution in [-0.2, 0) is 10.3 Å². The van der Waals surface area contributed by atoms with Crippen LogP contribution in [0, 0.1) is 0 Å². The Morgan fingerprint density at radius 3 is 2.69 bits per heavy atom. The molecule has 1 aromatic rings. The third-order valence-electron chi connectivity index (χ3n) is 3.06. The van der Waals surface area contributed by atoms with Gasteiger partial charge in [-0.3, -0.25) is 0 Å². The summed E-state index contributed by atoms with van der Waals surface area (Å²) in [4.78, 5) is 4.32. The van der Waals surface area contributed by atoms with E-state index in [1.54, 1.807) is 7.11 Å². The molecule has 0 aliphatic heterocycles. The van der Waals surface area contributed by atoms with Crippen molar-refractivity contribution in [1.82, 2.24) is 10.1 Å². The van der Waals surface area contributed by atoms with Crippen molar-refractivity contribution in [3.63, 3.8) is 0 Å². The fourth-order valence-corrected chi connectivity index (χ4v) is 1.79. The molecule has 16 heavy (non-hydrogen) atoms.